The third-order valence-electron chi connectivity index (χ3n) is 3.90. The van der Waals surface area contributed by atoms with Gasteiger partial charge in [0.05, 0.1) is 0 Å². The summed E-state index contributed by atoms with van der Waals surface area (Å²) in [6.45, 7) is 2.63. The molecule has 1 aliphatic carbocycles. The first kappa shape index (κ1) is 13.9. The number of piperazine rings is 1. The number of hydrogen-bond acceptors (Lipinski definition) is 2. The first-order valence-electron chi connectivity index (χ1n) is 6.99. The van der Waals surface area contributed by atoms with Gasteiger partial charge in [0, 0.05) is 41.2 Å². The summed E-state index contributed by atoms with van der Waals surface area (Å²) in [4.78, 5) is 28.1. The van der Waals surface area contributed by atoms with Crippen LogP contribution in [0, 0.1) is 9.49 Å². The first-order valence-corrected chi connectivity index (χ1v) is 8.06. The molecule has 1 aromatic rings. The molecule has 1 heterocycles. The monoisotopic (exact) mass is 384 g/mol. The van der Waals surface area contributed by atoms with Gasteiger partial charge in [-0.25, -0.2) is 0 Å². The van der Waals surface area contributed by atoms with E-state index in [-0.39, 0.29) is 17.7 Å². The summed E-state index contributed by atoms with van der Waals surface area (Å²) >= 11 is 2.23. The Bertz CT molecular complexity index is 517. The summed E-state index contributed by atoms with van der Waals surface area (Å²) < 4.78 is 1.12. The quantitative estimate of drug-likeness (QED) is 0.732. The van der Waals surface area contributed by atoms with Crippen molar-refractivity contribution in [3.05, 3.63) is 33.4 Å². The summed E-state index contributed by atoms with van der Waals surface area (Å²) in [5.74, 6) is 0.625. The van der Waals surface area contributed by atoms with Gasteiger partial charge in [0.15, 0.2) is 0 Å². The fraction of sp³-hybridized carbons (Fsp3) is 0.467. The van der Waals surface area contributed by atoms with Crippen LogP contribution in [0.25, 0.3) is 0 Å². The minimum Gasteiger partial charge on any atom is -0.339 e. The fourth-order valence-corrected chi connectivity index (χ4v) is 2.85. The number of carbonyl (C=O) groups is 2. The zero-order valence-electron chi connectivity index (χ0n) is 11.2. The van der Waals surface area contributed by atoms with Crippen LogP contribution in [0.1, 0.15) is 23.2 Å². The summed E-state index contributed by atoms with van der Waals surface area (Å²) in [6.07, 6.45) is 2.08. The second-order valence-electron chi connectivity index (χ2n) is 5.40. The molecule has 0 spiro atoms. The van der Waals surface area contributed by atoms with Crippen LogP contribution in [0.2, 0.25) is 0 Å². The van der Waals surface area contributed by atoms with Crippen molar-refractivity contribution in [1.82, 2.24) is 9.80 Å². The summed E-state index contributed by atoms with van der Waals surface area (Å²) in [5, 5.41) is 0. The highest BCUT2D eigenvalue weighted by Gasteiger charge is 2.35. The van der Waals surface area contributed by atoms with Crippen molar-refractivity contribution < 1.29 is 9.59 Å². The minimum atomic E-state index is 0.0694. The van der Waals surface area contributed by atoms with Crippen LogP contribution in [0.4, 0.5) is 0 Å². The Balaban J connectivity index is 1.58. The van der Waals surface area contributed by atoms with Gasteiger partial charge in [-0.3, -0.25) is 9.59 Å². The van der Waals surface area contributed by atoms with Crippen LogP contribution in [-0.2, 0) is 4.79 Å². The maximum absolute atomic E-state index is 12.4. The maximum Gasteiger partial charge on any atom is 0.253 e. The molecule has 0 unspecified atom stereocenters. The molecule has 0 atom stereocenters. The molecule has 1 aromatic carbocycles. The van der Waals surface area contributed by atoms with Gasteiger partial charge >= 0.3 is 0 Å². The van der Waals surface area contributed by atoms with E-state index in [1.54, 1.807) is 0 Å². The second-order valence-corrected chi connectivity index (χ2v) is 6.64. The van der Waals surface area contributed by atoms with Crippen LogP contribution in [-0.4, -0.2) is 47.8 Å². The van der Waals surface area contributed by atoms with Crippen molar-refractivity contribution in [2.24, 2.45) is 5.92 Å². The molecule has 4 nitrogen and oxygen atoms in total. The normalized spacial score (nSPS) is 19.1. The van der Waals surface area contributed by atoms with Crippen LogP contribution in [0.15, 0.2) is 24.3 Å². The predicted molar refractivity (Wildman–Crippen MR) is 84.4 cm³/mol. The highest BCUT2D eigenvalue weighted by Crippen LogP contribution is 2.31. The van der Waals surface area contributed by atoms with Crippen molar-refractivity contribution in [2.45, 2.75) is 12.8 Å². The molecule has 5 heteroatoms. The number of benzene rings is 1. The molecule has 0 N–H and O–H groups in total. The average molecular weight is 384 g/mol. The van der Waals surface area contributed by atoms with Gasteiger partial charge in [0.25, 0.3) is 5.91 Å². The first-order chi connectivity index (χ1) is 9.65. The van der Waals surface area contributed by atoms with Crippen molar-refractivity contribution in [3.8, 4) is 0 Å². The molecule has 106 valence electrons. The largest absolute Gasteiger partial charge is 0.339 e. The minimum absolute atomic E-state index is 0.0694. The Morgan fingerprint density at radius 1 is 0.950 bits per heavy atom. The van der Waals surface area contributed by atoms with Crippen LogP contribution in [0.5, 0.6) is 0 Å². The van der Waals surface area contributed by atoms with Gasteiger partial charge in [0.2, 0.25) is 5.91 Å². The molecule has 0 radical (unpaired) electrons. The highest BCUT2D eigenvalue weighted by atomic mass is 127. The molecule has 1 saturated heterocycles. The van der Waals surface area contributed by atoms with Gasteiger partial charge < -0.3 is 9.80 Å². The van der Waals surface area contributed by atoms with Crippen LogP contribution in [0.3, 0.4) is 0 Å². The molecular weight excluding hydrogens is 367 g/mol. The van der Waals surface area contributed by atoms with E-state index in [1.807, 2.05) is 34.1 Å². The number of halogens is 1. The third-order valence-corrected chi connectivity index (χ3v) is 4.62. The van der Waals surface area contributed by atoms with Gasteiger partial charge in [-0.1, -0.05) is 0 Å². The number of hydrogen-bond donors (Lipinski definition) is 0. The molecule has 1 saturated carbocycles. The van der Waals surface area contributed by atoms with Crippen molar-refractivity contribution in [3.63, 3.8) is 0 Å². The molecule has 2 amide bonds. The number of nitrogens with zero attached hydrogens (tertiary/aromatic N) is 2. The highest BCUT2D eigenvalue weighted by molar-refractivity contribution is 14.1. The molecule has 3 rings (SSSR count). The lowest BCUT2D eigenvalue weighted by Gasteiger charge is -2.35. The molecule has 1 aliphatic heterocycles. The molecule has 0 bridgehead atoms. The van der Waals surface area contributed by atoms with E-state index in [4.69, 9.17) is 0 Å². The summed E-state index contributed by atoms with van der Waals surface area (Å²) in [6, 6.07) is 7.62. The Hall–Kier alpha value is -1.11. The Morgan fingerprint density at radius 2 is 1.50 bits per heavy atom. The second kappa shape index (κ2) is 5.71. The van der Waals surface area contributed by atoms with Gasteiger partial charge in [0.1, 0.15) is 0 Å². The smallest absolute Gasteiger partial charge is 0.253 e. The van der Waals surface area contributed by atoms with Gasteiger partial charge in [-0.15, -0.1) is 0 Å². The standard InChI is InChI=1S/C15H17IN2O2/c16-13-5-3-12(4-6-13)15(20)18-9-7-17(8-10-18)14(19)11-1-2-11/h3-6,11H,1-2,7-10H2. The maximum atomic E-state index is 12.4. The Labute approximate surface area is 132 Å². The van der Waals surface area contributed by atoms with Gasteiger partial charge in [-0.2, -0.15) is 0 Å². The Kier molecular flexibility index (Phi) is 3.96. The third kappa shape index (κ3) is 2.97. The molecule has 2 aliphatic rings. The molecule has 20 heavy (non-hydrogen) atoms. The van der Waals surface area contributed by atoms with E-state index < -0.39 is 0 Å². The lowest BCUT2D eigenvalue weighted by atomic mass is 10.2. The molecule has 2 fully saturated rings. The van der Waals surface area contributed by atoms with E-state index in [2.05, 4.69) is 22.6 Å². The lowest BCUT2D eigenvalue weighted by Crippen LogP contribution is -2.51. The van der Waals surface area contributed by atoms with Crippen molar-refractivity contribution in [1.29, 1.82) is 0 Å². The van der Waals surface area contributed by atoms with Crippen LogP contribution >= 0.6 is 22.6 Å². The predicted octanol–water partition coefficient (Wildman–Crippen LogP) is 1.99. The molecule has 0 aromatic heterocycles. The summed E-state index contributed by atoms with van der Waals surface area (Å²) in [7, 11) is 0. The Morgan fingerprint density at radius 3 is 2.05 bits per heavy atom. The topological polar surface area (TPSA) is 40.6 Å². The average Bonchev–Trinajstić information content (AvgIpc) is 3.31. The fourth-order valence-electron chi connectivity index (χ4n) is 2.49. The van der Waals surface area contributed by atoms with Gasteiger partial charge in [-0.05, 0) is 59.7 Å². The lowest BCUT2D eigenvalue weighted by molar-refractivity contribution is -0.134. The van der Waals surface area contributed by atoms with E-state index in [0.717, 1.165) is 22.0 Å². The number of carbonyl (C=O) groups excluding carboxylic acids is 2. The number of amides is 2. The summed E-state index contributed by atoms with van der Waals surface area (Å²) in [5.41, 5.74) is 0.729. The van der Waals surface area contributed by atoms with E-state index in [9.17, 15) is 9.59 Å². The SMILES string of the molecule is O=C(c1ccc(I)cc1)N1CCN(C(=O)C2CC2)CC1. The van der Waals surface area contributed by atoms with Crippen molar-refractivity contribution in [2.75, 3.05) is 26.2 Å². The van der Waals surface area contributed by atoms with Crippen molar-refractivity contribution >= 4 is 34.4 Å². The zero-order chi connectivity index (χ0) is 14.1. The van der Waals surface area contributed by atoms with Crippen LogP contribution < -0.4 is 0 Å². The molecular formula is C15H17IN2O2. The zero-order valence-corrected chi connectivity index (χ0v) is 13.4. The van der Waals surface area contributed by atoms with E-state index in [1.165, 1.54) is 0 Å². The van der Waals surface area contributed by atoms with E-state index in [0.29, 0.717) is 26.2 Å². The van der Waals surface area contributed by atoms with E-state index >= 15 is 0 Å². The number of rotatable bonds is 2.